The average Bonchev–Trinajstić information content (AvgIpc) is 2.34. The van der Waals surface area contributed by atoms with E-state index < -0.39 is 0 Å². The highest BCUT2D eigenvalue weighted by molar-refractivity contribution is 9.10. The lowest BCUT2D eigenvalue weighted by Gasteiger charge is -2.21. The van der Waals surface area contributed by atoms with E-state index in [1.807, 2.05) is 11.8 Å². The summed E-state index contributed by atoms with van der Waals surface area (Å²) in [5, 5.41) is 11.5. The molecule has 0 aliphatic heterocycles. The minimum atomic E-state index is -0.251. The number of rotatable bonds is 6. The summed E-state index contributed by atoms with van der Waals surface area (Å²) >= 11 is 3.32. The van der Waals surface area contributed by atoms with Crippen LogP contribution in [-0.2, 0) is 6.54 Å². The molecule has 0 amide bonds. The Morgan fingerprint density at radius 2 is 2.28 bits per heavy atom. The van der Waals surface area contributed by atoms with E-state index in [1.54, 1.807) is 12.1 Å². The van der Waals surface area contributed by atoms with Gasteiger partial charge >= 0.3 is 0 Å². The van der Waals surface area contributed by atoms with Crippen molar-refractivity contribution in [3.63, 3.8) is 0 Å². The fraction of sp³-hybridized carbons (Fsp3) is 0.417. The van der Waals surface area contributed by atoms with E-state index in [1.165, 1.54) is 6.07 Å². The van der Waals surface area contributed by atoms with Gasteiger partial charge in [0, 0.05) is 16.6 Å². The van der Waals surface area contributed by atoms with Gasteiger partial charge in [0.25, 0.3) is 0 Å². The van der Waals surface area contributed by atoms with Crippen molar-refractivity contribution >= 4 is 21.8 Å². The van der Waals surface area contributed by atoms with Gasteiger partial charge < -0.3 is 10.9 Å². The Morgan fingerprint density at radius 1 is 1.56 bits per heavy atom. The van der Waals surface area contributed by atoms with Crippen molar-refractivity contribution < 1.29 is 9.60 Å². The van der Waals surface area contributed by atoms with Crippen LogP contribution in [0.4, 0.5) is 4.39 Å². The van der Waals surface area contributed by atoms with Gasteiger partial charge in [-0.2, -0.15) is 0 Å². The minimum absolute atomic E-state index is 0.124. The molecule has 6 heteroatoms. The quantitative estimate of drug-likeness (QED) is 0.367. The fourth-order valence-electron chi connectivity index (χ4n) is 1.70. The summed E-state index contributed by atoms with van der Waals surface area (Å²) in [6, 6.07) is 4.82. The van der Waals surface area contributed by atoms with Crippen molar-refractivity contribution in [1.82, 2.24) is 4.90 Å². The summed E-state index contributed by atoms with van der Waals surface area (Å²) in [5.41, 5.74) is 6.07. The summed E-state index contributed by atoms with van der Waals surface area (Å²) in [6.07, 6.45) is 0.911. The molecule has 0 aliphatic carbocycles. The van der Waals surface area contributed by atoms with Crippen molar-refractivity contribution in [3.8, 4) is 0 Å². The van der Waals surface area contributed by atoms with Crippen LogP contribution in [0.2, 0.25) is 0 Å². The zero-order valence-electron chi connectivity index (χ0n) is 10.2. The van der Waals surface area contributed by atoms with Gasteiger partial charge in [-0.05, 0) is 31.2 Å². The molecule has 1 aromatic rings. The monoisotopic (exact) mass is 317 g/mol. The third-order valence-electron chi connectivity index (χ3n) is 2.46. The van der Waals surface area contributed by atoms with Crippen molar-refractivity contribution in [2.45, 2.75) is 19.9 Å². The van der Waals surface area contributed by atoms with Crippen LogP contribution in [0.15, 0.2) is 27.8 Å². The maximum Gasteiger partial charge on any atom is 0.153 e. The van der Waals surface area contributed by atoms with Crippen molar-refractivity contribution in [1.29, 1.82) is 0 Å². The van der Waals surface area contributed by atoms with Gasteiger partial charge in [-0.25, -0.2) is 4.39 Å². The molecule has 0 aliphatic rings. The second-order valence-electron chi connectivity index (χ2n) is 4.04. The number of nitrogens with zero attached hydrogens (tertiary/aromatic N) is 2. The van der Waals surface area contributed by atoms with Crippen LogP contribution < -0.4 is 5.73 Å². The van der Waals surface area contributed by atoms with E-state index in [0.717, 1.165) is 17.4 Å². The van der Waals surface area contributed by atoms with Gasteiger partial charge in [0.05, 0.1) is 6.54 Å². The minimum Gasteiger partial charge on any atom is -0.409 e. The van der Waals surface area contributed by atoms with Gasteiger partial charge in [-0.3, -0.25) is 4.90 Å². The first-order valence-corrected chi connectivity index (χ1v) is 6.48. The first-order valence-electron chi connectivity index (χ1n) is 5.69. The fourth-order valence-corrected chi connectivity index (χ4v) is 2.10. The van der Waals surface area contributed by atoms with E-state index >= 15 is 0 Å². The Bertz CT molecular complexity index is 426. The van der Waals surface area contributed by atoms with Crippen LogP contribution in [0.1, 0.15) is 18.9 Å². The molecule has 3 N–H and O–H groups in total. The first-order chi connectivity index (χ1) is 8.56. The highest BCUT2D eigenvalue weighted by Crippen LogP contribution is 2.17. The van der Waals surface area contributed by atoms with Crippen LogP contribution in [0.5, 0.6) is 0 Å². The molecule has 0 atom stereocenters. The Morgan fingerprint density at radius 3 is 2.89 bits per heavy atom. The predicted molar refractivity (Wildman–Crippen MR) is 73.1 cm³/mol. The highest BCUT2D eigenvalue weighted by Gasteiger charge is 2.11. The second kappa shape index (κ2) is 7.33. The Kier molecular flexibility index (Phi) is 6.07. The van der Waals surface area contributed by atoms with Gasteiger partial charge in [0.1, 0.15) is 5.82 Å². The van der Waals surface area contributed by atoms with Crippen LogP contribution in [0, 0.1) is 5.82 Å². The SMILES string of the molecule is CCCN(CC(N)=NO)Cc1cc(Br)ccc1F. The van der Waals surface area contributed by atoms with E-state index in [9.17, 15) is 4.39 Å². The van der Waals surface area contributed by atoms with Crippen LogP contribution in [0.3, 0.4) is 0 Å². The topological polar surface area (TPSA) is 61.8 Å². The average molecular weight is 318 g/mol. The number of amidine groups is 1. The summed E-state index contributed by atoms with van der Waals surface area (Å²) in [7, 11) is 0. The number of oxime groups is 1. The molecule has 0 radical (unpaired) electrons. The van der Waals surface area contributed by atoms with Crippen LogP contribution in [-0.4, -0.2) is 29.0 Å². The smallest absolute Gasteiger partial charge is 0.153 e. The van der Waals surface area contributed by atoms with E-state index in [0.29, 0.717) is 18.7 Å². The maximum atomic E-state index is 13.6. The number of nitrogens with two attached hydrogens (primary N) is 1. The molecular weight excluding hydrogens is 301 g/mol. The summed E-state index contributed by atoms with van der Waals surface area (Å²) in [4.78, 5) is 1.93. The number of benzene rings is 1. The summed E-state index contributed by atoms with van der Waals surface area (Å²) < 4.78 is 14.5. The lowest BCUT2D eigenvalue weighted by Crippen LogP contribution is -2.34. The molecular formula is C12H17BrFN3O. The molecule has 0 aromatic heterocycles. The van der Waals surface area contributed by atoms with Gasteiger partial charge in [-0.15, -0.1) is 0 Å². The van der Waals surface area contributed by atoms with Crippen LogP contribution in [0.25, 0.3) is 0 Å². The Balaban J connectivity index is 2.79. The molecule has 1 rings (SSSR count). The molecule has 4 nitrogen and oxygen atoms in total. The van der Waals surface area contributed by atoms with Crippen LogP contribution >= 0.6 is 15.9 Å². The largest absolute Gasteiger partial charge is 0.409 e. The van der Waals surface area contributed by atoms with E-state index in [2.05, 4.69) is 21.1 Å². The molecule has 0 unspecified atom stereocenters. The molecule has 100 valence electrons. The number of halogens is 2. The van der Waals surface area contributed by atoms with Gasteiger partial charge in [0.15, 0.2) is 5.84 Å². The molecule has 0 saturated carbocycles. The molecule has 0 saturated heterocycles. The van der Waals surface area contributed by atoms with Crippen molar-refractivity contribution in [3.05, 3.63) is 34.1 Å². The predicted octanol–water partition coefficient (Wildman–Crippen LogP) is 2.55. The van der Waals surface area contributed by atoms with Crippen molar-refractivity contribution in [2.75, 3.05) is 13.1 Å². The number of hydrogen-bond donors (Lipinski definition) is 2. The van der Waals surface area contributed by atoms with Crippen molar-refractivity contribution in [2.24, 2.45) is 10.9 Å². The first kappa shape index (κ1) is 14.9. The van der Waals surface area contributed by atoms with Gasteiger partial charge in [0.2, 0.25) is 0 Å². The standard InChI is InChI=1S/C12H17BrFN3O/c1-2-5-17(8-12(15)16-18)7-9-6-10(13)3-4-11(9)14/h3-4,6,18H,2,5,7-8H2,1H3,(H2,15,16). The normalized spacial score (nSPS) is 12.1. The molecule has 1 aromatic carbocycles. The molecule has 18 heavy (non-hydrogen) atoms. The Hall–Kier alpha value is -1.14. The van der Waals surface area contributed by atoms with Gasteiger partial charge in [-0.1, -0.05) is 28.0 Å². The molecule has 0 heterocycles. The molecule has 0 fully saturated rings. The maximum absolute atomic E-state index is 13.6. The number of hydrogen-bond acceptors (Lipinski definition) is 3. The lowest BCUT2D eigenvalue weighted by molar-refractivity contribution is 0.283. The van der Waals surface area contributed by atoms with E-state index in [-0.39, 0.29) is 11.7 Å². The lowest BCUT2D eigenvalue weighted by atomic mass is 10.2. The van der Waals surface area contributed by atoms with E-state index in [4.69, 9.17) is 10.9 Å². The third-order valence-corrected chi connectivity index (χ3v) is 2.95. The third kappa shape index (κ3) is 4.62. The zero-order chi connectivity index (χ0) is 13.5. The summed E-state index contributed by atoms with van der Waals surface area (Å²) in [6.45, 7) is 3.52. The zero-order valence-corrected chi connectivity index (χ0v) is 11.8. The highest BCUT2D eigenvalue weighted by atomic mass is 79.9. The second-order valence-corrected chi connectivity index (χ2v) is 4.95. The molecule has 0 spiro atoms. The Labute approximate surface area is 114 Å². The summed E-state index contributed by atoms with van der Waals surface area (Å²) in [5.74, 6) is -0.127. The molecule has 0 bridgehead atoms.